The van der Waals surface area contributed by atoms with Crippen LogP contribution in [0.2, 0.25) is 5.02 Å². The highest BCUT2D eigenvalue weighted by molar-refractivity contribution is 6.30. The van der Waals surface area contributed by atoms with Crippen LogP contribution in [-0.4, -0.2) is 11.0 Å². The number of hydrogen-bond acceptors (Lipinski definition) is 2. The van der Waals surface area contributed by atoms with Gasteiger partial charge in [-0.15, -0.1) is 0 Å². The molecule has 3 nitrogen and oxygen atoms in total. The number of halogens is 2. The lowest BCUT2D eigenvalue weighted by atomic mass is 10.1. The van der Waals surface area contributed by atoms with E-state index in [4.69, 9.17) is 11.6 Å². The average molecular weight is 308 g/mol. The first-order chi connectivity index (χ1) is 9.88. The van der Waals surface area contributed by atoms with Crippen LogP contribution in [0.4, 0.5) is 4.39 Å². The molecule has 0 aliphatic rings. The van der Waals surface area contributed by atoms with Crippen LogP contribution in [-0.2, 0) is 0 Å². The van der Waals surface area contributed by atoms with E-state index in [9.17, 15) is 14.3 Å². The van der Waals surface area contributed by atoms with Crippen LogP contribution in [0.1, 0.15) is 34.5 Å². The van der Waals surface area contributed by atoms with Crippen LogP contribution in [0.15, 0.2) is 36.4 Å². The molecule has 0 saturated carbocycles. The standard InChI is InChI=1S/C16H15ClFNO2/c1-9-3-4-11(7-14(9)18)10(2)19-16(21)13-6-5-12(17)8-15(13)20/h3-8,10,20H,1-2H3,(H,19,21). The first-order valence-electron chi connectivity index (χ1n) is 6.44. The second-order valence-electron chi connectivity index (χ2n) is 4.87. The summed E-state index contributed by atoms with van der Waals surface area (Å²) in [7, 11) is 0. The van der Waals surface area contributed by atoms with Gasteiger partial charge in [-0.05, 0) is 49.2 Å². The van der Waals surface area contributed by atoms with Gasteiger partial charge in [-0.1, -0.05) is 23.7 Å². The molecular weight excluding hydrogens is 293 g/mol. The van der Waals surface area contributed by atoms with E-state index in [0.717, 1.165) is 0 Å². The highest BCUT2D eigenvalue weighted by atomic mass is 35.5. The molecule has 21 heavy (non-hydrogen) atoms. The Morgan fingerprint density at radius 3 is 2.62 bits per heavy atom. The average Bonchev–Trinajstić information content (AvgIpc) is 2.41. The predicted octanol–water partition coefficient (Wildman–Crippen LogP) is 3.98. The van der Waals surface area contributed by atoms with E-state index in [2.05, 4.69) is 5.32 Å². The molecule has 5 heteroatoms. The van der Waals surface area contributed by atoms with Crippen LogP contribution in [0.3, 0.4) is 0 Å². The molecule has 1 unspecified atom stereocenters. The van der Waals surface area contributed by atoms with Crippen molar-refractivity contribution in [2.45, 2.75) is 19.9 Å². The Balaban J connectivity index is 2.16. The highest BCUT2D eigenvalue weighted by Gasteiger charge is 2.15. The van der Waals surface area contributed by atoms with E-state index in [1.165, 1.54) is 24.3 Å². The molecule has 1 amide bonds. The van der Waals surface area contributed by atoms with Gasteiger partial charge >= 0.3 is 0 Å². The van der Waals surface area contributed by atoms with Gasteiger partial charge in [0.05, 0.1) is 11.6 Å². The third-order valence-corrected chi connectivity index (χ3v) is 3.48. The van der Waals surface area contributed by atoms with Crippen LogP contribution in [0.5, 0.6) is 5.75 Å². The Kier molecular flexibility index (Phi) is 4.48. The molecule has 2 aromatic rings. The second-order valence-corrected chi connectivity index (χ2v) is 5.30. The Labute approximate surface area is 127 Å². The topological polar surface area (TPSA) is 49.3 Å². The number of rotatable bonds is 3. The zero-order chi connectivity index (χ0) is 15.6. The molecule has 2 N–H and O–H groups in total. The summed E-state index contributed by atoms with van der Waals surface area (Å²) < 4.78 is 13.5. The minimum atomic E-state index is -0.447. The molecule has 0 heterocycles. The number of nitrogens with one attached hydrogen (secondary N) is 1. The van der Waals surface area contributed by atoms with Gasteiger partial charge in [0.15, 0.2) is 0 Å². The van der Waals surface area contributed by atoms with Gasteiger partial charge in [-0.25, -0.2) is 4.39 Å². The third-order valence-electron chi connectivity index (χ3n) is 3.25. The number of phenols is 1. The van der Waals surface area contributed by atoms with Gasteiger partial charge in [-0.3, -0.25) is 4.79 Å². The fourth-order valence-corrected chi connectivity index (χ4v) is 2.10. The molecule has 0 fully saturated rings. The number of hydrogen-bond donors (Lipinski definition) is 2. The van der Waals surface area contributed by atoms with E-state index in [1.54, 1.807) is 26.0 Å². The largest absolute Gasteiger partial charge is 0.507 e. The number of phenolic OH excluding ortho intramolecular Hbond substituents is 1. The Bertz CT molecular complexity index is 688. The predicted molar refractivity (Wildman–Crippen MR) is 80.1 cm³/mol. The molecule has 0 radical (unpaired) electrons. The maximum Gasteiger partial charge on any atom is 0.255 e. The van der Waals surface area contributed by atoms with Gasteiger partial charge < -0.3 is 10.4 Å². The quantitative estimate of drug-likeness (QED) is 0.901. The van der Waals surface area contributed by atoms with Gasteiger partial charge in [0.1, 0.15) is 11.6 Å². The molecule has 1 atom stereocenters. The highest BCUT2D eigenvalue weighted by Crippen LogP contribution is 2.23. The monoisotopic (exact) mass is 307 g/mol. The van der Waals surface area contributed by atoms with E-state index < -0.39 is 5.91 Å². The molecule has 110 valence electrons. The third kappa shape index (κ3) is 3.52. The number of aromatic hydroxyl groups is 1. The first kappa shape index (κ1) is 15.3. The number of amides is 1. The van der Waals surface area contributed by atoms with Crippen LogP contribution in [0.25, 0.3) is 0 Å². The fraction of sp³-hybridized carbons (Fsp3) is 0.188. The summed E-state index contributed by atoms with van der Waals surface area (Å²) in [5.74, 6) is -0.956. The second kappa shape index (κ2) is 6.14. The summed E-state index contributed by atoms with van der Waals surface area (Å²) in [5, 5.41) is 12.8. The van der Waals surface area contributed by atoms with Crippen molar-refractivity contribution in [2.24, 2.45) is 0 Å². The summed E-state index contributed by atoms with van der Waals surface area (Å²) in [5.41, 5.74) is 1.33. The van der Waals surface area contributed by atoms with Crippen LogP contribution < -0.4 is 5.32 Å². The summed E-state index contributed by atoms with van der Waals surface area (Å²) in [6, 6.07) is 8.68. The molecule has 0 aliphatic heterocycles. The Hall–Kier alpha value is -2.07. The Morgan fingerprint density at radius 1 is 1.29 bits per heavy atom. The van der Waals surface area contributed by atoms with E-state index >= 15 is 0 Å². The number of aryl methyl sites for hydroxylation is 1. The number of carbonyl (C=O) groups is 1. The van der Waals surface area contributed by atoms with Crippen molar-refractivity contribution in [1.29, 1.82) is 0 Å². The molecule has 0 bridgehead atoms. The van der Waals surface area contributed by atoms with Crippen molar-refractivity contribution in [2.75, 3.05) is 0 Å². The van der Waals surface area contributed by atoms with Gasteiger partial charge in [0.2, 0.25) is 0 Å². The minimum Gasteiger partial charge on any atom is -0.507 e. The molecule has 0 aliphatic carbocycles. The van der Waals surface area contributed by atoms with Crippen molar-refractivity contribution in [3.63, 3.8) is 0 Å². The van der Waals surface area contributed by atoms with Crippen molar-refractivity contribution >= 4 is 17.5 Å². The maximum atomic E-state index is 13.5. The summed E-state index contributed by atoms with van der Waals surface area (Å²) in [6.45, 7) is 3.42. The smallest absolute Gasteiger partial charge is 0.255 e. The van der Waals surface area contributed by atoms with E-state index in [-0.39, 0.29) is 23.2 Å². The lowest BCUT2D eigenvalue weighted by molar-refractivity contribution is 0.0937. The van der Waals surface area contributed by atoms with E-state index in [0.29, 0.717) is 16.1 Å². The molecular formula is C16H15ClFNO2. The summed E-state index contributed by atoms with van der Waals surface area (Å²) >= 11 is 5.72. The van der Waals surface area contributed by atoms with Gasteiger partial charge in [0.25, 0.3) is 5.91 Å². The van der Waals surface area contributed by atoms with Crippen molar-refractivity contribution < 1.29 is 14.3 Å². The van der Waals surface area contributed by atoms with Crippen molar-refractivity contribution in [1.82, 2.24) is 5.32 Å². The number of carbonyl (C=O) groups excluding carboxylic acids is 1. The Morgan fingerprint density at radius 2 is 2.00 bits per heavy atom. The lowest BCUT2D eigenvalue weighted by Gasteiger charge is -2.15. The van der Waals surface area contributed by atoms with Crippen molar-refractivity contribution in [3.05, 3.63) is 63.9 Å². The lowest BCUT2D eigenvalue weighted by Crippen LogP contribution is -2.26. The molecule has 0 saturated heterocycles. The molecule has 0 spiro atoms. The van der Waals surface area contributed by atoms with Gasteiger partial charge in [0, 0.05) is 5.02 Å². The van der Waals surface area contributed by atoms with E-state index in [1.807, 2.05) is 0 Å². The van der Waals surface area contributed by atoms with Crippen LogP contribution >= 0.6 is 11.6 Å². The molecule has 0 aromatic heterocycles. The zero-order valence-corrected chi connectivity index (χ0v) is 12.4. The SMILES string of the molecule is Cc1ccc(C(C)NC(=O)c2ccc(Cl)cc2O)cc1F. The number of benzene rings is 2. The normalized spacial score (nSPS) is 12.0. The first-order valence-corrected chi connectivity index (χ1v) is 6.81. The van der Waals surface area contributed by atoms with Crippen molar-refractivity contribution in [3.8, 4) is 5.75 Å². The molecule has 2 rings (SSSR count). The molecule has 2 aromatic carbocycles. The zero-order valence-electron chi connectivity index (χ0n) is 11.7. The maximum absolute atomic E-state index is 13.5. The summed E-state index contributed by atoms with van der Waals surface area (Å²) in [4.78, 5) is 12.1. The van der Waals surface area contributed by atoms with Gasteiger partial charge in [-0.2, -0.15) is 0 Å². The minimum absolute atomic E-state index is 0.124. The van der Waals surface area contributed by atoms with Crippen LogP contribution in [0, 0.1) is 12.7 Å². The fourth-order valence-electron chi connectivity index (χ4n) is 1.93. The summed E-state index contributed by atoms with van der Waals surface area (Å²) in [6.07, 6.45) is 0.